The zero-order valence-electron chi connectivity index (χ0n) is 9.64. The molecule has 3 N–H and O–H groups in total. The molecule has 0 saturated carbocycles. The van der Waals surface area contributed by atoms with E-state index < -0.39 is 6.04 Å². The molecule has 1 heterocycles. The molecule has 1 atom stereocenters. The highest BCUT2D eigenvalue weighted by Gasteiger charge is 2.38. The van der Waals surface area contributed by atoms with Gasteiger partial charge < -0.3 is 11.1 Å². The minimum Gasteiger partial charge on any atom is -0.399 e. The maximum Gasteiger partial charge on any atom is 0.329 e. The van der Waals surface area contributed by atoms with Crippen LogP contribution in [-0.2, 0) is 4.79 Å². The zero-order valence-corrected chi connectivity index (χ0v) is 9.64. The summed E-state index contributed by atoms with van der Waals surface area (Å²) in [7, 11) is 0. The molecule has 90 valence electrons. The van der Waals surface area contributed by atoms with E-state index >= 15 is 0 Å². The van der Waals surface area contributed by atoms with Crippen molar-refractivity contribution in [3.05, 3.63) is 24.3 Å². The zero-order chi connectivity index (χ0) is 12.4. The number of carbonyl (C=O) groups is 2. The molecule has 5 heteroatoms. The topological polar surface area (TPSA) is 75.4 Å². The summed E-state index contributed by atoms with van der Waals surface area (Å²) in [5, 5.41) is 2.67. The number of anilines is 2. The van der Waals surface area contributed by atoms with E-state index in [0.29, 0.717) is 17.8 Å². The molecule has 0 unspecified atom stereocenters. The number of nitrogens with zero attached hydrogens (tertiary/aromatic N) is 1. The summed E-state index contributed by atoms with van der Waals surface area (Å²) >= 11 is 0. The number of carbonyl (C=O) groups excluding carboxylic acids is 2. The first-order valence-electron chi connectivity index (χ1n) is 5.63. The van der Waals surface area contributed by atoms with Gasteiger partial charge in [-0.25, -0.2) is 9.69 Å². The molecule has 1 aromatic rings. The molecule has 0 aromatic heterocycles. The minimum atomic E-state index is -0.398. The van der Waals surface area contributed by atoms with Crippen molar-refractivity contribution in [1.82, 2.24) is 5.32 Å². The number of hydrogen-bond donors (Lipinski definition) is 2. The summed E-state index contributed by atoms with van der Waals surface area (Å²) in [4.78, 5) is 24.9. The number of nitrogens with two attached hydrogens (primary N) is 1. The minimum absolute atomic E-state index is 0.193. The number of rotatable bonds is 3. The molecule has 1 fully saturated rings. The van der Waals surface area contributed by atoms with E-state index in [1.165, 1.54) is 4.90 Å². The van der Waals surface area contributed by atoms with Crippen molar-refractivity contribution in [2.24, 2.45) is 0 Å². The van der Waals surface area contributed by atoms with Crippen LogP contribution in [0, 0.1) is 0 Å². The summed E-state index contributed by atoms with van der Waals surface area (Å²) in [6.45, 7) is 1.98. The first-order valence-corrected chi connectivity index (χ1v) is 5.63. The van der Waals surface area contributed by atoms with E-state index in [-0.39, 0.29) is 11.9 Å². The predicted molar refractivity (Wildman–Crippen MR) is 65.6 cm³/mol. The van der Waals surface area contributed by atoms with Gasteiger partial charge in [-0.1, -0.05) is 13.3 Å². The Bertz CT molecular complexity index is 442. The maximum absolute atomic E-state index is 12.0. The second-order valence-electron chi connectivity index (χ2n) is 4.06. The van der Waals surface area contributed by atoms with E-state index in [1.807, 2.05) is 6.92 Å². The van der Waals surface area contributed by atoms with Gasteiger partial charge in [0, 0.05) is 5.69 Å². The molecule has 0 radical (unpaired) electrons. The van der Waals surface area contributed by atoms with Crippen molar-refractivity contribution in [1.29, 1.82) is 0 Å². The Morgan fingerprint density at radius 1 is 1.29 bits per heavy atom. The molecule has 17 heavy (non-hydrogen) atoms. The van der Waals surface area contributed by atoms with Crippen LogP contribution in [-0.4, -0.2) is 18.0 Å². The summed E-state index contributed by atoms with van der Waals surface area (Å²) in [5.74, 6) is -0.193. The SMILES string of the molecule is CCC[C@H]1NC(=O)N(c2ccc(N)cc2)C1=O. The number of amides is 3. The van der Waals surface area contributed by atoms with E-state index in [0.717, 1.165) is 6.42 Å². The summed E-state index contributed by atoms with van der Waals surface area (Å²) < 4.78 is 0. The van der Waals surface area contributed by atoms with Crippen molar-refractivity contribution < 1.29 is 9.59 Å². The standard InChI is InChI=1S/C12H15N3O2/c1-2-3-10-11(16)15(12(17)14-10)9-6-4-8(13)5-7-9/h4-7,10H,2-3,13H2,1H3,(H,14,17)/t10-/m1/s1. The quantitative estimate of drug-likeness (QED) is 0.613. The molecule has 1 aromatic carbocycles. The van der Waals surface area contributed by atoms with Gasteiger partial charge in [0.05, 0.1) is 5.69 Å². The van der Waals surface area contributed by atoms with Crippen LogP contribution in [0.5, 0.6) is 0 Å². The maximum atomic E-state index is 12.0. The lowest BCUT2D eigenvalue weighted by molar-refractivity contribution is -0.118. The Hall–Kier alpha value is -2.04. The van der Waals surface area contributed by atoms with Crippen molar-refractivity contribution in [2.45, 2.75) is 25.8 Å². The van der Waals surface area contributed by atoms with Crippen LogP contribution in [0.3, 0.4) is 0 Å². The molecule has 1 aliphatic heterocycles. The molecule has 0 bridgehead atoms. The molecule has 0 spiro atoms. The number of urea groups is 1. The second-order valence-corrected chi connectivity index (χ2v) is 4.06. The number of benzene rings is 1. The third-order valence-corrected chi connectivity index (χ3v) is 2.75. The molecule has 1 aliphatic rings. The second kappa shape index (κ2) is 4.45. The summed E-state index contributed by atoms with van der Waals surface area (Å²) in [5.41, 5.74) is 6.72. The van der Waals surface area contributed by atoms with Gasteiger partial charge in [0.2, 0.25) is 0 Å². The number of hydrogen-bond acceptors (Lipinski definition) is 3. The van der Waals surface area contributed by atoms with Crippen LogP contribution >= 0.6 is 0 Å². The Balaban J connectivity index is 2.24. The lowest BCUT2D eigenvalue weighted by Crippen LogP contribution is -2.31. The fourth-order valence-electron chi connectivity index (χ4n) is 1.88. The fourth-order valence-corrected chi connectivity index (χ4v) is 1.88. The number of nitrogen functional groups attached to an aromatic ring is 1. The van der Waals surface area contributed by atoms with Gasteiger partial charge in [0.25, 0.3) is 5.91 Å². The molecule has 0 aliphatic carbocycles. The van der Waals surface area contributed by atoms with E-state index in [1.54, 1.807) is 24.3 Å². The Kier molecular flexibility index (Phi) is 2.99. The average molecular weight is 233 g/mol. The molecular formula is C12H15N3O2. The van der Waals surface area contributed by atoms with Crippen LogP contribution in [0.2, 0.25) is 0 Å². The summed E-state index contributed by atoms with van der Waals surface area (Å²) in [6, 6.07) is 5.91. The van der Waals surface area contributed by atoms with Crippen molar-refractivity contribution in [3.63, 3.8) is 0 Å². The van der Waals surface area contributed by atoms with Gasteiger partial charge in [0.1, 0.15) is 6.04 Å². The fraction of sp³-hybridized carbons (Fsp3) is 0.333. The first kappa shape index (κ1) is 11.4. The van der Waals surface area contributed by atoms with Crippen molar-refractivity contribution in [2.75, 3.05) is 10.6 Å². The lowest BCUT2D eigenvalue weighted by Gasteiger charge is -2.12. The van der Waals surface area contributed by atoms with Crippen LogP contribution in [0.25, 0.3) is 0 Å². The number of nitrogens with one attached hydrogen (secondary N) is 1. The summed E-state index contributed by atoms with van der Waals surface area (Å²) in [6.07, 6.45) is 1.52. The van der Waals surface area contributed by atoms with Gasteiger partial charge in [-0.2, -0.15) is 0 Å². The average Bonchev–Trinajstić information content (AvgIpc) is 2.57. The van der Waals surface area contributed by atoms with Crippen molar-refractivity contribution in [3.8, 4) is 0 Å². The van der Waals surface area contributed by atoms with Crippen LogP contribution in [0.15, 0.2) is 24.3 Å². The normalized spacial score (nSPS) is 19.6. The molecular weight excluding hydrogens is 218 g/mol. The van der Waals surface area contributed by atoms with Gasteiger partial charge in [-0.15, -0.1) is 0 Å². The molecule has 3 amide bonds. The molecule has 1 saturated heterocycles. The van der Waals surface area contributed by atoms with Gasteiger partial charge in [-0.05, 0) is 30.7 Å². The molecule has 2 rings (SSSR count). The predicted octanol–water partition coefficient (Wildman–Crippen LogP) is 1.49. The van der Waals surface area contributed by atoms with Crippen molar-refractivity contribution >= 4 is 23.3 Å². The van der Waals surface area contributed by atoms with E-state index in [2.05, 4.69) is 5.32 Å². The number of imide groups is 1. The van der Waals surface area contributed by atoms with Gasteiger partial charge in [0.15, 0.2) is 0 Å². The Morgan fingerprint density at radius 2 is 1.94 bits per heavy atom. The highest BCUT2D eigenvalue weighted by atomic mass is 16.2. The third-order valence-electron chi connectivity index (χ3n) is 2.75. The Labute approximate surface area is 99.6 Å². The van der Waals surface area contributed by atoms with Gasteiger partial charge >= 0.3 is 6.03 Å². The third kappa shape index (κ3) is 2.08. The highest BCUT2D eigenvalue weighted by Crippen LogP contribution is 2.22. The van der Waals surface area contributed by atoms with Crippen LogP contribution in [0.4, 0.5) is 16.2 Å². The lowest BCUT2D eigenvalue weighted by atomic mass is 10.1. The highest BCUT2D eigenvalue weighted by molar-refractivity contribution is 6.21. The first-order chi connectivity index (χ1) is 8.13. The monoisotopic (exact) mass is 233 g/mol. The Morgan fingerprint density at radius 3 is 2.53 bits per heavy atom. The van der Waals surface area contributed by atoms with E-state index in [9.17, 15) is 9.59 Å². The smallest absolute Gasteiger partial charge is 0.329 e. The van der Waals surface area contributed by atoms with Crippen LogP contribution in [0.1, 0.15) is 19.8 Å². The largest absolute Gasteiger partial charge is 0.399 e. The van der Waals surface area contributed by atoms with E-state index in [4.69, 9.17) is 5.73 Å². The van der Waals surface area contributed by atoms with Gasteiger partial charge in [-0.3, -0.25) is 4.79 Å². The van der Waals surface area contributed by atoms with Crippen LogP contribution < -0.4 is 16.0 Å². The molecule has 5 nitrogen and oxygen atoms in total.